The lowest BCUT2D eigenvalue weighted by molar-refractivity contribution is -0.137. The first-order valence-electron chi connectivity index (χ1n) is 6.55. The van der Waals surface area contributed by atoms with Gasteiger partial charge in [-0.3, -0.25) is 0 Å². The summed E-state index contributed by atoms with van der Waals surface area (Å²) < 4.78 is 39.4. The van der Waals surface area contributed by atoms with E-state index in [0.29, 0.717) is 17.3 Å². The molecule has 3 rings (SSSR count). The molecule has 1 aromatic heterocycles. The fourth-order valence-electron chi connectivity index (χ4n) is 2.40. The molecule has 6 heteroatoms. The van der Waals surface area contributed by atoms with E-state index in [4.69, 9.17) is 0 Å². The Labute approximate surface area is 114 Å². The highest BCUT2D eigenvalue weighted by atomic mass is 19.4. The Morgan fingerprint density at radius 1 is 1.20 bits per heavy atom. The van der Waals surface area contributed by atoms with Crippen molar-refractivity contribution in [2.45, 2.75) is 32.5 Å². The van der Waals surface area contributed by atoms with E-state index in [1.165, 1.54) is 12.1 Å². The first-order chi connectivity index (χ1) is 9.43. The number of halogens is 3. The van der Waals surface area contributed by atoms with Crippen LogP contribution in [0.4, 0.5) is 13.2 Å². The molecule has 0 saturated carbocycles. The summed E-state index contributed by atoms with van der Waals surface area (Å²) in [5.74, 6) is 1.98. The molecule has 106 valence electrons. The van der Waals surface area contributed by atoms with Gasteiger partial charge < -0.3 is 0 Å². The van der Waals surface area contributed by atoms with Crippen LogP contribution in [0.5, 0.6) is 0 Å². The third kappa shape index (κ3) is 2.42. The van der Waals surface area contributed by atoms with Gasteiger partial charge in [0.15, 0.2) is 5.82 Å². The van der Waals surface area contributed by atoms with Crippen molar-refractivity contribution in [2.24, 2.45) is 5.92 Å². The predicted molar refractivity (Wildman–Crippen MR) is 67.9 cm³/mol. The van der Waals surface area contributed by atoms with Gasteiger partial charge in [0.25, 0.3) is 0 Å². The van der Waals surface area contributed by atoms with Crippen LogP contribution in [0.25, 0.3) is 11.4 Å². The molecule has 0 amide bonds. The fourth-order valence-corrected chi connectivity index (χ4v) is 2.40. The van der Waals surface area contributed by atoms with Crippen molar-refractivity contribution in [1.29, 1.82) is 0 Å². The number of nitrogens with zero attached hydrogens (tertiary/aromatic N) is 3. The molecular weight excluding hydrogens is 267 g/mol. The number of aromatic nitrogens is 3. The van der Waals surface area contributed by atoms with Crippen LogP contribution in [-0.4, -0.2) is 14.8 Å². The van der Waals surface area contributed by atoms with E-state index >= 15 is 0 Å². The van der Waals surface area contributed by atoms with Gasteiger partial charge in [0, 0.05) is 18.5 Å². The van der Waals surface area contributed by atoms with Crippen LogP contribution in [0.2, 0.25) is 0 Å². The highest BCUT2D eigenvalue weighted by Crippen LogP contribution is 2.30. The topological polar surface area (TPSA) is 30.7 Å². The van der Waals surface area contributed by atoms with Crippen molar-refractivity contribution in [3.8, 4) is 11.4 Å². The van der Waals surface area contributed by atoms with E-state index in [-0.39, 0.29) is 0 Å². The first-order valence-corrected chi connectivity index (χ1v) is 6.55. The van der Waals surface area contributed by atoms with E-state index in [0.717, 1.165) is 37.3 Å². The lowest BCUT2D eigenvalue weighted by atomic mass is 10.0. The third-order valence-electron chi connectivity index (χ3n) is 3.56. The predicted octanol–water partition coefficient (Wildman–Crippen LogP) is 3.55. The van der Waals surface area contributed by atoms with Crippen LogP contribution in [0.15, 0.2) is 24.3 Å². The van der Waals surface area contributed by atoms with E-state index in [2.05, 4.69) is 17.0 Å². The van der Waals surface area contributed by atoms with Crippen LogP contribution in [0, 0.1) is 5.92 Å². The average Bonchev–Trinajstić information content (AvgIpc) is 2.80. The maximum atomic E-state index is 12.5. The minimum Gasteiger partial charge on any atom is -0.249 e. The lowest BCUT2D eigenvalue weighted by Crippen LogP contribution is -2.18. The number of fused-ring (bicyclic) bond motifs is 1. The minimum atomic E-state index is -4.31. The smallest absolute Gasteiger partial charge is 0.249 e. The summed E-state index contributed by atoms with van der Waals surface area (Å²) >= 11 is 0. The zero-order valence-electron chi connectivity index (χ0n) is 11.0. The first kappa shape index (κ1) is 13.1. The normalized spacial score (nSPS) is 18.9. The van der Waals surface area contributed by atoms with Crippen molar-refractivity contribution in [3.63, 3.8) is 0 Å². The van der Waals surface area contributed by atoms with E-state index < -0.39 is 11.7 Å². The summed E-state index contributed by atoms with van der Waals surface area (Å²) in [4.78, 5) is 4.42. The average molecular weight is 281 g/mol. The number of hydrogen-bond acceptors (Lipinski definition) is 2. The van der Waals surface area contributed by atoms with E-state index in [1.54, 1.807) is 0 Å². The van der Waals surface area contributed by atoms with Gasteiger partial charge in [-0.15, -0.1) is 0 Å². The molecule has 2 heterocycles. The molecule has 1 aliphatic heterocycles. The van der Waals surface area contributed by atoms with E-state index in [9.17, 15) is 13.2 Å². The summed E-state index contributed by atoms with van der Waals surface area (Å²) in [5.41, 5.74) is -0.0357. The van der Waals surface area contributed by atoms with Gasteiger partial charge in [-0.2, -0.15) is 18.3 Å². The van der Waals surface area contributed by atoms with Crippen molar-refractivity contribution < 1.29 is 13.2 Å². The van der Waals surface area contributed by atoms with Crippen LogP contribution in [-0.2, 0) is 19.1 Å². The second-order valence-corrected chi connectivity index (χ2v) is 5.25. The molecule has 0 saturated heterocycles. The molecule has 0 radical (unpaired) electrons. The quantitative estimate of drug-likeness (QED) is 0.800. The Morgan fingerprint density at radius 2 is 1.90 bits per heavy atom. The Kier molecular flexibility index (Phi) is 3.03. The van der Waals surface area contributed by atoms with E-state index in [1.807, 2.05) is 4.68 Å². The molecule has 0 bridgehead atoms. The summed E-state index contributed by atoms with van der Waals surface area (Å²) in [6.45, 7) is 2.98. The van der Waals surface area contributed by atoms with Crippen LogP contribution in [0.3, 0.4) is 0 Å². The second-order valence-electron chi connectivity index (χ2n) is 5.25. The number of alkyl halides is 3. The van der Waals surface area contributed by atoms with Gasteiger partial charge in [0.05, 0.1) is 5.56 Å². The van der Waals surface area contributed by atoms with Gasteiger partial charge in [-0.05, 0) is 24.5 Å². The summed E-state index contributed by atoms with van der Waals surface area (Å²) in [6.07, 6.45) is -2.37. The van der Waals surface area contributed by atoms with Gasteiger partial charge in [0.1, 0.15) is 5.82 Å². The van der Waals surface area contributed by atoms with Crippen molar-refractivity contribution in [2.75, 3.05) is 0 Å². The van der Waals surface area contributed by atoms with Gasteiger partial charge >= 0.3 is 6.18 Å². The zero-order chi connectivity index (χ0) is 14.3. The molecule has 0 fully saturated rings. The SMILES string of the molecule is CC1CCc2nc(-c3ccc(C(F)(F)F)cc3)nn2C1. The van der Waals surface area contributed by atoms with Crippen LogP contribution in [0.1, 0.15) is 24.7 Å². The monoisotopic (exact) mass is 281 g/mol. The largest absolute Gasteiger partial charge is 0.416 e. The summed E-state index contributed by atoms with van der Waals surface area (Å²) in [7, 11) is 0. The maximum Gasteiger partial charge on any atom is 0.416 e. The Balaban J connectivity index is 1.90. The number of aryl methyl sites for hydroxylation is 1. The molecule has 0 aliphatic carbocycles. The molecule has 1 aliphatic rings. The standard InChI is InChI=1S/C14H14F3N3/c1-9-2-7-12-18-13(19-20(12)8-9)10-3-5-11(6-4-10)14(15,16)17/h3-6,9H,2,7-8H2,1H3. The molecule has 0 N–H and O–H groups in total. The molecular formula is C14H14F3N3. The number of hydrogen-bond donors (Lipinski definition) is 0. The fraction of sp³-hybridized carbons (Fsp3) is 0.429. The van der Waals surface area contributed by atoms with Gasteiger partial charge in [-0.25, -0.2) is 9.67 Å². The van der Waals surface area contributed by atoms with Gasteiger partial charge in [0.2, 0.25) is 0 Å². The molecule has 3 nitrogen and oxygen atoms in total. The molecule has 20 heavy (non-hydrogen) atoms. The van der Waals surface area contributed by atoms with Gasteiger partial charge in [-0.1, -0.05) is 19.1 Å². The summed E-state index contributed by atoms with van der Waals surface area (Å²) in [6, 6.07) is 4.98. The Bertz CT molecular complexity index is 614. The molecule has 1 atom stereocenters. The second kappa shape index (κ2) is 4.61. The molecule has 2 aromatic rings. The van der Waals surface area contributed by atoms with Crippen molar-refractivity contribution in [1.82, 2.24) is 14.8 Å². The number of rotatable bonds is 1. The highest BCUT2D eigenvalue weighted by Gasteiger charge is 2.30. The van der Waals surface area contributed by atoms with Crippen LogP contribution < -0.4 is 0 Å². The highest BCUT2D eigenvalue weighted by molar-refractivity contribution is 5.55. The molecule has 1 aromatic carbocycles. The molecule has 0 spiro atoms. The summed E-state index contributed by atoms with van der Waals surface area (Å²) in [5, 5.41) is 4.39. The van der Waals surface area contributed by atoms with Crippen molar-refractivity contribution in [3.05, 3.63) is 35.7 Å². The van der Waals surface area contributed by atoms with Crippen molar-refractivity contribution >= 4 is 0 Å². The Morgan fingerprint density at radius 3 is 2.55 bits per heavy atom. The molecule has 1 unspecified atom stereocenters. The third-order valence-corrected chi connectivity index (χ3v) is 3.56. The lowest BCUT2D eigenvalue weighted by Gasteiger charge is -2.17. The maximum absolute atomic E-state index is 12.5. The minimum absolute atomic E-state index is 0.503. The van der Waals surface area contributed by atoms with Crippen LogP contribution >= 0.6 is 0 Å². The Hall–Kier alpha value is -1.85. The number of benzene rings is 1. The zero-order valence-corrected chi connectivity index (χ0v) is 11.0.